The molecule has 2 heterocycles. The summed E-state index contributed by atoms with van der Waals surface area (Å²) in [6.07, 6.45) is -2.71. The number of amides is 2. The molecular weight excluding hydrogens is 523 g/mol. The van der Waals surface area contributed by atoms with Crippen molar-refractivity contribution in [1.82, 2.24) is 19.8 Å². The van der Waals surface area contributed by atoms with Crippen molar-refractivity contribution in [3.63, 3.8) is 0 Å². The van der Waals surface area contributed by atoms with Gasteiger partial charge in [-0.15, -0.1) is 0 Å². The van der Waals surface area contributed by atoms with Crippen molar-refractivity contribution in [3.05, 3.63) is 56.0 Å². The molecule has 12 heteroatoms. The van der Waals surface area contributed by atoms with E-state index in [-0.39, 0.29) is 48.0 Å². The van der Waals surface area contributed by atoms with Crippen LogP contribution < -0.4 is 16.2 Å². The molecule has 8 nitrogen and oxygen atoms in total. The molecule has 38 heavy (non-hydrogen) atoms. The number of anilines is 1. The van der Waals surface area contributed by atoms with Crippen LogP contribution in [0.4, 0.5) is 19.1 Å². The Bertz CT molecular complexity index is 1300. The lowest BCUT2D eigenvalue weighted by Crippen LogP contribution is -2.47. The number of hydrogen-bond acceptors (Lipinski definition) is 5. The van der Waals surface area contributed by atoms with Crippen molar-refractivity contribution in [2.24, 2.45) is 5.92 Å². The summed E-state index contributed by atoms with van der Waals surface area (Å²) in [5, 5.41) is 5.37. The highest BCUT2D eigenvalue weighted by Gasteiger charge is 2.38. The highest BCUT2D eigenvalue weighted by atomic mass is 35.5. The summed E-state index contributed by atoms with van der Waals surface area (Å²) in [6, 6.07) is 2.54. The molecule has 1 aromatic heterocycles. The molecule has 0 saturated heterocycles. The Kier molecular flexibility index (Phi) is 7.79. The summed E-state index contributed by atoms with van der Waals surface area (Å²) in [5.74, 6) is -0.0556. The summed E-state index contributed by atoms with van der Waals surface area (Å²) < 4.78 is 41.7. The first-order chi connectivity index (χ1) is 17.8. The fraction of sp³-hybridized carbons (Fsp3) is 0.538. The van der Waals surface area contributed by atoms with Crippen LogP contribution in [0.25, 0.3) is 0 Å². The molecule has 0 unspecified atom stereocenters. The van der Waals surface area contributed by atoms with E-state index in [2.05, 4.69) is 10.6 Å². The predicted octanol–water partition coefficient (Wildman–Crippen LogP) is 4.41. The maximum absolute atomic E-state index is 13.7. The number of halogens is 4. The zero-order valence-electron chi connectivity index (χ0n) is 21.7. The number of nitrogens with zero attached hydrogens (tertiary/aromatic N) is 3. The van der Waals surface area contributed by atoms with Gasteiger partial charge in [0, 0.05) is 42.7 Å². The summed E-state index contributed by atoms with van der Waals surface area (Å²) in [4.78, 5) is 44.9. The molecule has 206 valence electrons. The number of carbonyl (C=O) groups is 2. The number of rotatable bonds is 6. The minimum absolute atomic E-state index is 0.00781. The average molecular weight is 554 g/mol. The maximum Gasteiger partial charge on any atom is 0.417 e. The van der Waals surface area contributed by atoms with Gasteiger partial charge in [0.2, 0.25) is 11.9 Å². The van der Waals surface area contributed by atoms with Gasteiger partial charge in [0.1, 0.15) is 0 Å². The lowest BCUT2D eigenvalue weighted by molar-refractivity contribution is -0.137. The van der Waals surface area contributed by atoms with E-state index < -0.39 is 28.7 Å². The molecule has 1 atom stereocenters. The zero-order chi connectivity index (χ0) is 27.9. The summed E-state index contributed by atoms with van der Waals surface area (Å²) in [6.45, 7) is 5.59. The van der Waals surface area contributed by atoms with Crippen molar-refractivity contribution < 1.29 is 22.8 Å². The first-order valence-corrected chi connectivity index (χ1v) is 13.0. The van der Waals surface area contributed by atoms with Crippen LogP contribution in [-0.2, 0) is 23.9 Å². The number of alkyl halides is 3. The SMILES string of the molecule is CNC(=O)CC1CC(n2c(NC(C)C)nc3c(c2=O)C[C@@H](C)N(C(=O)c2ccc(Cl)c(C(F)(F)F)c2)C3)C1. The Morgan fingerprint density at radius 3 is 2.53 bits per heavy atom. The van der Waals surface area contributed by atoms with Crippen molar-refractivity contribution in [2.45, 2.75) is 77.3 Å². The smallest absolute Gasteiger partial charge is 0.359 e. The largest absolute Gasteiger partial charge is 0.417 e. The third kappa shape index (κ3) is 5.52. The normalized spacial score (nSPS) is 21.1. The second kappa shape index (κ2) is 10.6. The molecule has 2 amide bonds. The van der Waals surface area contributed by atoms with Gasteiger partial charge in [-0.3, -0.25) is 19.0 Å². The van der Waals surface area contributed by atoms with Crippen molar-refractivity contribution in [3.8, 4) is 0 Å². The molecule has 1 saturated carbocycles. The van der Waals surface area contributed by atoms with Gasteiger partial charge in [-0.2, -0.15) is 13.2 Å². The minimum Gasteiger partial charge on any atom is -0.359 e. The number of hydrogen-bond donors (Lipinski definition) is 2. The molecule has 2 N–H and O–H groups in total. The Morgan fingerprint density at radius 1 is 1.24 bits per heavy atom. The molecule has 1 fully saturated rings. The first kappa shape index (κ1) is 27.9. The van der Waals surface area contributed by atoms with E-state index in [1.54, 1.807) is 18.5 Å². The van der Waals surface area contributed by atoms with Gasteiger partial charge in [-0.25, -0.2) is 4.98 Å². The van der Waals surface area contributed by atoms with Gasteiger partial charge in [-0.05, 0) is 64.2 Å². The predicted molar refractivity (Wildman–Crippen MR) is 137 cm³/mol. The van der Waals surface area contributed by atoms with E-state index in [9.17, 15) is 27.6 Å². The monoisotopic (exact) mass is 553 g/mol. The molecule has 2 aliphatic rings. The Balaban J connectivity index is 1.64. The van der Waals surface area contributed by atoms with Gasteiger partial charge in [-0.1, -0.05) is 11.6 Å². The highest BCUT2D eigenvalue weighted by Crippen LogP contribution is 2.41. The van der Waals surface area contributed by atoms with Crippen LogP contribution in [0.2, 0.25) is 5.02 Å². The topological polar surface area (TPSA) is 96.3 Å². The van der Waals surface area contributed by atoms with E-state index in [4.69, 9.17) is 16.6 Å². The van der Waals surface area contributed by atoms with Crippen LogP contribution in [-0.4, -0.2) is 45.4 Å². The average Bonchev–Trinajstić information content (AvgIpc) is 2.81. The third-order valence-corrected chi connectivity index (χ3v) is 7.50. The number of benzene rings is 1. The van der Waals surface area contributed by atoms with Gasteiger partial charge in [0.05, 0.1) is 22.8 Å². The molecule has 1 aliphatic heterocycles. The molecule has 1 aliphatic carbocycles. The first-order valence-electron chi connectivity index (χ1n) is 12.6. The molecule has 2 aromatic rings. The van der Waals surface area contributed by atoms with Gasteiger partial charge < -0.3 is 15.5 Å². The quantitative estimate of drug-likeness (QED) is 0.552. The summed E-state index contributed by atoms with van der Waals surface area (Å²) in [5.41, 5.74) is -0.478. The Hall–Kier alpha value is -3.08. The number of carbonyl (C=O) groups excluding carboxylic acids is 2. The van der Waals surface area contributed by atoms with Gasteiger partial charge in [0.25, 0.3) is 11.5 Å². The standard InChI is InChI=1S/C26H31ClF3N5O3/c1-13(2)32-25-33-21-12-34(23(37)16-5-6-20(27)19(11-16)26(28,29)30)14(3)7-18(21)24(38)35(25)17-8-15(9-17)10-22(36)31-4/h5-6,11,13-15,17H,7-10,12H2,1-4H3,(H,31,36)(H,32,33)/t14-,15?,17?/m1/s1. The van der Waals surface area contributed by atoms with E-state index in [0.29, 0.717) is 36.5 Å². The van der Waals surface area contributed by atoms with Crippen LogP contribution >= 0.6 is 11.6 Å². The Labute approximate surface area is 223 Å². The second-order valence-electron chi connectivity index (χ2n) is 10.4. The van der Waals surface area contributed by atoms with E-state index in [1.165, 1.54) is 11.0 Å². The van der Waals surface area contributed by atoms with Gasteiger partial charge in [0.15, 0.2) is 0 Å². The van der Waals surface area contributed by atoms with Crippen LogP contribution in [0, 0.1) is 5.92 Å². The maximum atomic E-state index is 13.7. The minimum atomic E-state index is -4.70. The molecule has 1 aromatic carbocycles. The number of aromatic nitrogens is 2. The van der Waals surface area contributed by atoms with Crippen molar-refractivity contribution in [2.75, 3.05) is 12.4 Å². The van der Waals surface area contributed by atoms with Crippen molar-refractivity contribution >= 4 is 29.4 Å². The summed E-state index contributed by atoms with van der Waals surface area (Å²) >= 11 is 5.72. The van der Waals surface area contributed by atoms with Gasteiger partial charge >= 0.3 is 6.18 Å². The van der Waals surface area contributed by atoms with Crippen LogP contribution in [0.5, 0.6) is 0 Å². The van der Waals surface area contributed by atoms with Crippen LogP contribution in [0.3, 0.4) is 0 Å². The third-order valence-electron chi connectivity index (χ3n) is 7.17. The second-order valence-corrected chi connectivity index (χ2v) is 10.8. The molecule has 0 spiro atoms. The highest BCUT2D eigenvalue weighted by molar-refractivity contribution is 6.31. The molecular formula is C26H31ClF3N5O3. The fourth-order valence-electron chi connectivity index (χ4n) is 5.13. The van der Waals surface area contributed by atoms with Crippen molar-refractivity contribution in [1.29, 1.82) is 0 Å². The number of nitrogens with one attached hydrogen (secondary N) is 2. The van der Waals surface area contributed by atoms with Crippen LogP contribution in [0.15, 0.2) is 23.0 Å². The molecule has 4 rings (SSSR count). The van der Waals surface area contributed by atoms with E-state index >= 15 is 0 Å². The lowest BCUT2D eigenvalue weighted by Gasteiger charge is -2.39. The molecule has 0 bridgehead atoms. The summed E-state index contributed by atoms with van der Waals surface area (Å²) in [7, 11) is 1.60. The van der Waals surface area contributed by atoms with E-state index in [1.807, 2.05) is 13.8 Å². The Morgan fingerprint density at radius 2 is 1.92 bits per heavy atom. The van der Waals surface area contributed by atoms with Crippen LogP contribution in [0.1, 0.15) is 73.3 Å². The van der Waals surface area contributed by atoms with E-state index in [0.717, 1.165) is 12.1 Å². The fourth-order valence-corrected chi connectivity index (χ4v) is 5.35. The zero-order valence-corrected chi connectivity index (χ0v) is 22.4. The number of fused-ring (bicyclic) bond motifs is 1. The lowest BCUT2D eigenvalue weighted by atomic mass is 9.77. The molecule has 0 radical (unpaired) electrons.